The molecule has 1 fully saturated rings. The number of imidazole rings is 1. The Kier molecular flexibility index (Phi) is 5.70. The highest BCUT2D eigenvalue weighted by molar-refractivity contribution is 6.01. The van der Waals surface area contributed by atoms with Crippen molar-refractivity contribution < 1.29 is 9.53 Å². The van der Waals surface area contributed by atoms with E-state index in [-0.39, 0.29) is 0 Å². The smallest absolute Gasteiger partial charge is 0.332 e. The average molecular weight is 406 g/mol. The predicted molar refractivity (Wildman–Crippen MR) is 119 cm³/mol. The maximum absolute atomic E-state index is 11.0. The van der Waals surface area contributed by atoms with Gasteiger partial charge in [-0.1, -0.05) is 25.3 Å². The van der Waals surface area contributed by atoms with Crippen LogP contribution in [0.15, 0.2) is 47.6 Å². The van der Waals surface area contributed by atoms with E-state index in [1.165, 1.54) is 32.1 Å². The van der Waals surface area contributed by atoms with Gasteiger partial charge in [0.2, 0.25) is 0 Å². The molecule has 7 heteroatoms. The van der Waals surface area contributed by atoms with Crippen LogP contribution in [0, 0.1) is 0 Å². The van der Waals surface area contributed by atoms with Gasteiger partial charge in [-0.05, 0) is 61.7 Å². The van der Waals surface area contributed by atoms with Crippen LogP contribution >= 0.6 is 0 Å². The molecule has 0 bridgehead atoms. The Morgan fingerprint density at radius 1 is 1.17 bits per heavy atom. The van der Waals surface area contributed by atoms with Crippen molar-refractivity contribution >= 4 is 22.8 Å². The topological polar surface area (TPSA) is 94.5 Å². The number of aromatic nitrogens is 2. The predicted octanol–water partition coefficient (Wildman–Crippen LogP) is 4.61. The quantitative estimate of drug-likeness (QED) is 0.479. The summed E-state index contributed by atoms with van der Waals surface area (Å²) in [4.78, 5) is 16.0. The first-order valence-corrected chi connectivity index (χ1v) is 10.3. The summed E-state index contributed by atoms with van der Waals surface area (Å²) in [5, 5.41) is 4.04. The highest BCUT2D eigenvalue weighted by Gasteiger charge is 2.22. The first-order valence-electron chi connectivity index (χ1n) is 10.3. The Balaban J connectivity index is 1.81. The zero-order chi connectivity index (χ0) is 21.1. The summed E-state index contributed by atoms with van der Waals surface area (Å²) >= 11 is 0. The summed E-state index contributed by atoms with van der Waals surface area (Å²) in [7, 11) is 1.67. The minimum absolute atomic E-state index is 0.443. The van der Waals surface area contributed by atoms with E-state index in [1.54, 1.807) is 7.11 Å². The fourth-order valence-electron chi connectivity index (χ4n) is 4.18. The number of urea groups is 1. The number of rotatable bonds is 5. The number of fused-ring (bicyclic) bond motifs is 1. The fourth-order valence-corrected chi connectivity index (χ4v) is 4.18. The van der Waals surface area contributed by atoms with Gasteiger partial charge in [-0.15, -0.1) is 0 Å². The molecule has 0 atom stereocenters. The van der Waals surface area contributed by atoms with Crippen molar-refractivity contribution in [1.29, 1.82) is 0 Å². The molecule has 3 N–H and O–H groups in total. The van der Waals surface area contributed by atoms with Gasteiger partial charge in [0.05, 0.1) is 23.9 Å². The summed E-state index contributed by atoms with van der Waals surface area (Å²) in [5.41, 5.74) is 12.1. The van der Waals surface area contributed by atoms with Gasteiger partial charge in [0.15, 0.2) is 0 Å². The molecule has 7 nitrogen and oxygen atoms in total. The Morgan fingerprint density at radius 3 is 2.57 bits per heavy atom. The molecular weight excluding hydrogens is 378 g/mol. The number of nitrogens with zero attached hydrogens (tertiary/aromatic N) is 3. The van der Waals surface area contributed by atoms with Crippen LogP contribution in [-0.4, -0.2) is 28.4 Å². The molecule has 2 aromatic carbocycles. The van der Waals surface area contributed by atoms with Crippen LogP contribution < -0.4 is 15.9 Å². The zero-order valence-electron chi connectivity index (χ0n) is 17.4. The molecule has 4 rings (SSSR count). The Labute approximate surface area is 175 Å². The van der Waals surface area contributed by atoms with E-state index in [4.69, 9.17) is 15.5 Å². The molecule has 0 unspecified atom stereocenters. The van der Waals surface area contributed by atoms with Gasteiger partial charge in [-0.2, -0.15) is 5.10 Å². The molecule has 0 radical (unpaired) electrons. The summed E-state index contributed by atoms with van der Waals surface area (Å²) in [6.45, 7) is 1.83. The van der Waals surface area contributed by atoms with Gasteiger partial charge in [0.1, 0.15) is 11.6 Å². The Morgan fingerprint density at radius 2 is 1.90 bits per heavy atom. The SMILES string of the molecule is COc1ccc(-c2nc3cc(/C(C)=N/NC(N)=O)ccc3n2C2CCCCC2)cc1. The van der Waals surface area contributed by atoms with Crippen LogP contribution in [0.25, 0.3) is 22.4 Å². The maximum atomic E-state index is 11.0. The average Bonchev–Trinajstić information content (AvgIpc) is 3.16. The number of hydrogen-bond acceptors (Lipinski definition) is 4. The third-order valence-corrected chi connectivity index (χ3v) is 5.73. The van der Waals surface area contributed by atoms with E-state index in [0.717, 1.165) is 33.7 Å². The minimum Gasteiger partial charge on any atom is -0.497 e. The monoisotopic (exact) mass is 405 g/mol. The van der Waals surface area contributed by atoms with Crippen LogP contribution in [-0.2, 0) is 0 Å². The van der Waals surface area contributed by atoms with Crippen molar-refractivity contribution in [3.63, 3.8) is 0 Å². The summed E-state index contributed by atoms with van der Waals surface area (Å²) < 4.78 is 7.71. The number of amides is 2. The Hall–Kier alpha value is -3.35. The number of benzene rings is 2. The molecule has 1 aliphatic rings. The lowest BCUT2D eigenvalue weighted by molar-refractivity contribution is 0.249. The van der Waals surface area contributed by atoms with Crippen molar-refractivity contribution in [3.8, 4) is 17.1 Å². The normalized spacial score (nSPS) is 15.3. The third kappa shape index (κ3) is 4.01. The maximum Gasteiger partial charge on any atom is 0.332 e. The van der Waals surface area contributed by atoms with Gasteiger partial charge in [0, 0.05) is 11.6 Å². The molecule has 0 spiro atoms. The zero-order valence-corrected chi connectivity index (χ0v) is 17.4. The molecule has 156 valence electrons. The van der Waals surface area contributed by atoms with E-state index in [2.05, 4.69) is 33.3 Å². The molecule has 1 aromatic heterocycles. The molecule has 1 aliphatic carbocycles. The van der Waals surface area contributed by atoms with Crippen molar-refractivity contribution in [1.82, 2.24) is 15.0 Å². The summed E-state index contributed by atoms with van der Waals surface area (Å²) in [5.74, 6) is 1.80. The first-order chi connectivity index (χ1) is 14.6. The lowest BCUT2D eigenvalue weighted by atomic mass is 9.94. The summed E-state index contributed by atoms with van der Waals surface area (Å²) in [6, 6.07) is 14.0. The van der Waals surface area contributed by atoms with E-state index < -0.39 is 6.03 Å². The van der Waals surface area contributed by atoms with E-state index in [1.807, 2.05) is 31.2 Å². The number of ether oxygens (including phenoxy) is 1. The molecular formula is C23H27N5O2. The number of hydrogen-bond donors (Lipinski definition) is 2. The standard InChI is InChI=1S/C23H27N5O2/c1-15(26-27-23(24)29)17-10-13-21-20(14-17)25-22(16-8-11-19(30-2)12-9-16)28(21)18-6-4-3-5-7-18/h8-14,18H,3-7H2,1-2H3,(H3,24,27,29)/b26-15+. The van der Waals surface area contributed by atoms with E-state index in [0.29, 0.717) is 11.8 Å². The second-order valence-electron chi connectivity index (χ2n) is 7.70. The van der Waals surface area contributed by atoms with Crippen LogP contribution in [0.3, 0.4) is 0 Å². The fraction of sp³-hybridized carbons (Fsp3) is 0.348. The number of carbonyl (C=O) groups is 1. The number of nitrogens with two attached hydrogens (primary N) is 1. The van der Waals surface area contributed by atoms with Crippen LogP contribution in [0.4, 0.5) is 4.79 Å². The van der Waals surface area contributed by atoms with Crippen LogP contribution in [0.2, 0.25) is 0 Å². The number of methoxy groups -OCH3 is 1. The molecule has 1 heterocycles. The molecule has 0 aliphatic heterocycles. The number of carbonyl (C=O) groups excluding carboxylic acids is 1. The molecule has 0 saturated heterocycles. The first kappa shape index (κ1) is 19.9. The van der Waals surface area contributed by atoms with Gasteiger partial charge >= 0.3 is 6.03 Å². The van der Waals surface area contributed by atoms with Crippen molar-refractivity contribution in [3.05, 3.63) is 48.0 Å². The van der Waals surface area contributed by atoms with Gasteiger partial charge in [-0.3, -0.25) is 0 Å². The molecule has 30 heavy (non-hydrogen) atoms. The lowest BCUT2D eigenvalue weighted by Crippen LogP contribution is -2.25. The summed E-state index contributed by atoms with van der Waals surface area (Å²) in [6.07, 6.45) is 6.12. The van der Waals surface area contributed by atoms with Crippen molar-refractivity contribution in [2.75, 3.05) is 7.11 Å². The molecule has 2 amide bonds. The van der Waals surface area contributed by atoms with Crippen molar-refractivity contribution in [2.24, 2.45) is 10.8 Å². The minimum atomic E-state index is -0.682. The highest BCUT2D eigenvalue weighted by Crippen LogP contribution is 2.36. The largest absolute Gasteiger partial charge is 0.497 e. The van der Waals surface area contributed by atoms with Crippen LogP contribution in [0.1, 0.15) is 50.6 Å². The molecule has 3 aromatic rings. The van der Waals surface area contributed by atoms with E-state index in [9.17, 15) is 4.79 Å². The lowest BCUT2D eigenvalue weighted by Gasteiger charge is -2.25. The van der Waals surface area contributed by atoms with Crippen LogP contribution in [0.5, 0.6) is 5.75 Å². The molecule has 1 saturated carbocycles. The highest BCUT2D eigenvalue weighted by atomic mass is 16.5. The number of nitrogens with one attached hydrogen (secondary N) is 1. The van der Waals surface area contributed by atoms with Crippen molar-refractivity contribution in [2.45, 2.75) is 45.1 Å². The Bertz CT molecular complexity index is 1080. The number of primary amides is 1. The second kappa shape index (κ2) is 8.57. The number of hydrazone groups is 1. The van der Waals surface area contributed by atoms with Gasteiger partial charge in [0.25, 0.3) is 0 Å². The van der Waals surface area contributed by atoms with E-state index >= 15 is 0 Å². The van der Waals surface area contributed by atoms with Gasteiger partial charge in [-0.25, -0.2) is 15.2 Å². The third-order valence-electron chi connectivity index (χ3n) is 5.73. The van der Waals surface area contributed by atoms with Gasteiger partial charge < -0.3 is 15.0 Å². The second-order valence-corrected chi connectivity index (χ2v) is 7.70.